The second kappa shape index (κ2) is 21.4. The average molecular weight is 1080 g/mol. The maximum Gasteiger partial charge on any atom is 0.315 e. The number of allylic oxidation sites excluding steroid dienone is 2. The molecule has 0 radical (unpaired) electrons. The van der Waals surface area contributed by atoms with Crippen molar-refractivity contribution in [3.8, 4) is 0 Å². The highest BCUT2D eigenvalue weighted by atomic mass is 16.8. The Morgan fingerprint density at radius 1 is 0.547 bits per heavy atom. The molecule has 9 aliphatic rings. The predicted octanol–water partition coefficient (Wildman–Crippen LogP) is -1.25. The fourth-order valence-electron chi connectivity index (χ4n) is 15.9. The van der Waals surface area contributed by atoms with Gasteiger partial charge in [-0.3, -0.25) is 4.79 Å². The molecule has 27 unspecified atom stereocenters. The molecule has 0 bridgehead atoms. The van der Waals surface area contributed by atoms with Crippen molar-refractivity contribution < 1.29 is 109 Å². The fraction of sp³-hybridized carbons (Fsp3) is 0.943. The zero-order valence-electron chi connectivity index (χ0n) is 44.2. The Bertz CT molecular complexity index is 2060. The molecular formula is C53H86O22. The van der Waals surface area contributed by atoms with Crippen LogP contribution < -0.4 is 0 Å². The Morgan fingerprint density at radius 3 is 1.69 bits per heavy atom. The molecule has 4 heterocycles. The van der Waals surface area contributed by atoms with E-state index in [1.54, 1.807) is 0 Å². The molecule has 4 aliphatic heterocycles. The van der Waals surface area contributed by atoms with Crippen LogP contribution >= 0.6 is 0 Å². The van der Waals surface area contributed by atoms with E-state index >= 15 is 0 Å². The van der Waals surface area contributed by atoms with Crippen molar-refractivity contribution in [3.63, 3.8) is 0 Å². The quantitative estimate of drug-likeness (QED) is 0.0653. The lowest BCUT2D eigenvalue weighted by atomic mass is 9.38. The number of aliphatic hydroxyl groups is 13. The van der Waals surface area contributed by atoms with E-state index < -0.39 is 166 Å². The minimum atomic E-state index is -1.82. The van der Waals surface area contributed by atoms with Gasteiger partial charge in [-0.05, 0) is 117 Å². The number of hydrogen-bond donors (Lipinski definition) is 13. The third-order valence-electron chi connectivity index (χ3n) is 20.5. The van der Waals surface area contributed by atoms with Crippen molar-refractivity contribution in [1.82, 2.24) is 0 Å². The van der Waals surface area contributed by atoms with Crippen molar-refractivity contribution in [3.05, 3.63) is 11.1 Å². The minimum absolute atomic E-state index is 0.0997. The smallest absolute Gasteiger partial charge is 0.315 e. The van der Waals surface area contributed by atoms with Gasteiger partial charge in [-0.25, -0.2) is 0 Å². The lowest BCUT2D eigenvalue weighted by molar-refractivity contribution is -0.343. The van der Waals surface area contributed by atoms with Crippen LogP contribution in [0.2, 0.25) is 0 Å². The van der Waals surface area contributed by atoms with Gasteiger partial charge < -0.3 is 104 Å². The highest BCUT2D eigenvalue weighted by Gasteiger charge is 2.66. The maximum absolute atomic E-state index is 15.0. The molecule has 22 nitrogen and oxygen atoms in total. The molecule has 4 saturated heterocycles. The number of rotatable bonds is 11. The Balaban J connectivity index is 0.886. The number of aliphatic hydroxyl groups excluding tert-OH is 13. The Labute approximate surface area is 437 Å². The third-order valence-corrected chi connectivity index (χ3v) is 20.5. The summed E-state index contributed by atoms with van der Waals surface area (Å²) in [4.78, 5) is 15.0. The second-order valence-corrected chi connectivity index (χ2v) is 25.7. The zero-order chi connectivity index (χ0) is 54.6. The van der Waals surface area contributed by atoms with Gasteiger partial charge in [-0.2, -0.15) is 0 Å². The lowest BCUT2D eigenvalue weighted by Crippen LogP contribution is -2.64. The van der Waals surface area contributed by atoms with E-state index in [2.05, 4.69) is 41.5 Å². The Morgan fingerprint density at radius 2 is 1.08 bits per heavy atom. The summed E-state index contributed by atoms with van der Waals surface area (Å²) in [6.45, 7) is 13.5. The van der Waals surface area contributed by atoms with Crippen LogP contribution in [0, 0.1) is 44.8 Å². The average Bonchev–Trinajstić information content (AvgIpc) is 3.37. The molecule has 5 aliphatic carbocycles. The molecule has 0 amide bonds. The molecule has 7 fully saturated rings. The van der Waals surface area contributed by atoms with Gasteiger partial charge in [-0.1, -0.05) is 52.7 Å². The molecule has 75 heavy (non-hydrogen) atoms. The van der Waals surface area contributed by atoms with Gasteiger partial charge in [0, 0.05) is 0 Å². The maximum atomic E-state index is 15.0. The molecule has 9 rings (SSSR count). The van der Waals surface area contributed by atoms with Crippen LogP contribution in [-0.2, 0) is 42.7 Å². The summed E-state index contributed by atoms with van der Waals surface area (Å²) in [5.74, 6) is -0.258. The van der Waals surface area contributed by atoms with E-state index in [1.807, 2.05) is 0 Å². The standard InChI is InChI=1S/C53H86O22/c1-22-32(55)36(59)40(63)44(70-22)68-20-27-34(57)38(61)42(65)46(72-27)74-31-12-14-52(7)29(50(31,4)5)11-13-51(6)24-10-15-53(17-16-49(2,3)18-25(53)23(24)8-9-30(51)52)48(67)75-47-43(66)39(62)35(58)28(73-47)21-69-45-41(64)37(60)33(56)26(19-54)71-45/h22,25-47,54-66H,8-21H2,1-7H3. The van der Waals surface area contributed by atoms with E-state index in [0.29, 0.717) is 25.7 Å². The number of carbonyl (C=O) groups is 1. The molecular weight excluding hydrogens is 989 g/mol. The molecule has 3 saturated carbocycles. The van der Waals surface area contributed by atoms with E-state index in [4.69, 9.17) is 37.9 Å². The van der Waals surface area contributed by atoms with Gasteiger partial charge in [0.05, 0.1) is 37.4 Å². The van der Waals surface area contributed by atoms with Crippen molar-refractivity contribution in [2.45, 2.75) is 248 Å². The third kappa shape index (κ3) is 10.0. The molecule has 0 aromatic rings. The summed E-state index contributed by atoms with van der Waals surface area (Å²) in [6, 6.07) is 0. The molecule has 430 valence electrons. The second-order valence-electron chi connectivity index (χ2n) is 25.7. The highest BCUT2D eigenvalue weighted by molar-refractivity contribution is 5.79. The molecule has 0 aromatic heterocycles. The summed E-state index contributed by atoms with van der Waals surface area (Å²) < 4.78 is 47.1. The topological polar surface area (TPSA) is 354 Å². The summed E-state index contributed by atoms with van der Waals surface area (Å²) in [6.07, 6.45) is -22.7. The van der Waals surface area contributed by atoms with Crippen molar-refractivity contribution in [2.24, 2.45) is 44.8 Å². The first-order valence-corrected chi connectivity index (χ1v) is 27.3. The first-order valence-electron chi connectivity index (χ1n) is 27.3. The normalized spacial score (nSPS) is 52.7. The SMILES string of the molecule is CC1OC(OCC2OC(OC3CCC4(C)C5CCC6=C(CCC7(C(=O)OC8OC(COC9OC(CO)C(O)C(O)C9O)C(O)C(O)C8O)CCC(C)(C)CC67)C5(C)CCC4C3(C)C)C(O)C(O)C2O)C(O)C(O)C1O. The lowest BCUT2D eigenvalue weighted by Gasteiger charge is -2.67. The van der Waals surface area contributed by atoms with Crippen molar-refractivity contribution in [2.75, 3.05) is 19.8 Å². The van der Waals surface area contributed by atoms with Crippen LogP contribution in [0.15, 0.2) is 11.1 Å². The van der Waals surface area contributed by atoms with Gasteiger partial charge in [0.15, 0.2) is 18.9 Å². The fourth-order valence-corrected chi connectivity index (χ4v) is 15.9. The van der Waals surface area contributed by atoms with Crippen LogP contribution in [0.25, 0.3) is 0 Å². The van der Waals surface area contributed by atoms with E-state index in [-0.39, 0.29) is 34.0 Å². The zero-order valence-corrected chi connectivity index (χ0v) is 44.2. The van der Waals surface area contributed by atoms with Gasteiger partial charge >= 0.3 is 5.97 Å². The number of hydrogen-bond acceptors (Lipinski definition) is 22. The molecule has 0 aromatic carbocycles. The number of esters is 1. The largest absolute Gasteiger partial charge is 0.432 e. The van der Waals surface area contributed by atoms with E-state index in [1.165, 1.54) is 18.1 Å². The Hall–Kier alpha value is -1.59. The van der Waals surface area contributed by atoms with Gasteiger partial charge in [0.25, 0.3) is 0 Å². The summed E-state index contributed by atoms with van der Waals surface area (Å²) in [5.41, 5.74) is 0.886. The van der Waals surface area contributed by atoms with Gasteiger partial charge in [-0.15, -0.1) is 0 Å². The van der Waals surface area contributed by atoms with Crippen molar-refractivity contribution in [1.29, 1.82) is 0 Å². The first kappa shape index (κ1) is 58.1. The van der Waals surface area contributed by atoms with Crippen LogP contribution in [-0.4, -0.2) is 221 Å². The molecule has 13 N–H and O–H groups in total. The number of fused-ring (bicyclic) bond motifs is 6. The van der Waals surface area contributed by atoms with Crippen molar-refractivity contribution >= 4 is 5.97 Å². The van der Waals surface area contributed by atoms with Gasteiger partial charge in [0.1, 0.15) is 91.6 Å². The molecule has 22 heteroatoms. The van der Waals surface area contributed by atoms with Crippen LogP contribution in [0.3, 0.4) is 0 Å². The monoisotopic (exact) mass is 1070 g/mol. The summed E-state index contributed by atoms with van der Waals surface area (Å²) in [7, 11) is 0. The summed E-state index contributed by atoms with van der Waals surface area (Å²) >= 11 is 0. The first-order chi connectivity index (χ1) is 35.1. The summed E-state index contributed by atoms with van der Waals surface area (Å²) in [5, 5.41) is 138. The highest BCUT2D eigenvalue weighted by Crippen LogP contribution is 2.72. The Kier molecular flexibility index (Phi) is 16.6. The molecule has 27 atom stereocenters. The molecule has 0 spiro atoms. The van der Waals surface area contributed by atoms with Crippen LogP contribution in [0.1, 0.15) is 119 Å². The van der Waals surface area contributed by atoms with Crippen LogP contribution in [0.5, 0.6) is 0 Å². The predicted molar refractivity (Wildman–Crippen MR) is 257 cm³/mol. The van der Waals surface area contributed by atoms with Gasteiger partial charge in [0.2, 0.25) is 6.29 Å². The minimum Gasteiger partial charge on any atom is -0.432 e. The van der Waals surface area contributed by atoms with Crippen LogP contribution in [0.4, 0.5) is 0 Å². The van der Waals surface area contributed by atoms with E-state index in [0.717, 1.165) is 44.9 Å². The number of ether oxygens (including phenoxy) is 8. The van der Waals surface area contributed by atoms with E-state index in [9.17, 15) is 71.2 Å². The number of carbonyl (C=O) groups excluding carboxylic acids is 1.